The number of hydrogen-bond donors (Lipinski definition) is 2. The predicted octanol–water partition coefficient (Wildman–Crippen LogP) is 0.128. The molecule has 0 aliphatic carbocycles. The van der Waals surface area contributed by atoms with Crippen molar-refractivity contribution in [3.63, 3.8) is 0 Å². The van der Waals surface area contributed by atoms with Crippen molar-refractivity contribution in [1.29, 1.82) is 0 Å². The molecular weight excluding hydrogens is 188 g/mol. The molecule has 0 amide bonds. The summed E-state index contributed by atoms with van der Waals surface area (Å²) < 4.78 is 1.94. The van der Waals surface area contributed by atoms with Crippen molar-refractivity contribution in [2.75, 3.05) is 13.1 Å². The average Bonchev–Trinajstić information content (AvgIpc) is 2.45. The van der Waals surface area contributed by atoms with Crippen LogP contribution in [0.25, 0.3) is 0 Å². The molecule has 0 bridgehead atoms. The van der Waals surface area contributed by atoms with Crippen molar-refractivity contribution in [2.24, 2.45) is 12.8 Å². The van der Waals surface area contributed by atoms with E-state index in [1.807, 2.05) is 18.7 Å². The molecule has 0 radical (unpaired) electrons. The average molecular weight is 206 g/mol. The van der Waals surface area contributed by atoms with E-state index in [1.54, 1.807) is 0 Å². The molecule has 3 N–H and O–H groups in total. The van der Waals surface area contributed by atoms with E-state index >= 15 is 0 Å². The van der Waals surface area contributed by atoms with Crippen molar-refractivity contribution in [3.8, 4) is 0 Å². The Bertz CT molecular complexity index is 378. The van der Waals surface area contributed by atoms with Gasteiger partial charge >= 0.3 is 0 Å². The Morgan fingerprint density at radius 2 is 2.47 bits per heavy atom. The van der Waals surface area contributed by atoms with Gasteiger partial charge in [-0.05, 0) is 13.0 Å². The Morgan fingerprint density at radius 3 is 3.07 bits per heavy atom. The minimum atomic E-state index is 0.156. The third-order valence-electron chi connectivity index (χ3n) is 2.69. The van der Waals surface area contributed by atoms with Crippen molar-refractivity contribution in [2.45, 2.75) is 19.4 Å². The van der Waals surface area contributed by atoms with E-state index < -0.39 is 0 Å². The third kappa shape index (κ3) is 2.46. The van der Waals surface area contributed by atoms with Crippen LogP contribution < -0.4 is 11.1 Å². The summed E-state index contributed by atoms with van der Waals surface area (Å²) in [6.45, 7) is 3.84. The first-order chi connectivity index (χ1) is 7.15. The van der Waals surface area contributed by atoms with E-state index in [4.69, 9.17) is 5.73 Å². The molecule has 1 aliphatic heterocycles. The second kappa shape index (κ2) is 4.16. The number of nitrogens with zero attached hydrogens (tertiary/aromatic N) is 2. The monoisotopic (exact) mass is 206 g/mol. The Labute approximate surface area is 90.2 Å². The lowest BCUT2D eigenvalue weighted by molar-refractivity contribution is 0.619. The van der Waals surface area contributed by atoms with E-state index in [-0.39, 0.29) is 6.04 Å². The van der Waals surface area contributed by atoms with Crippen molar-refractivity contribution < 1.29 is 0 Å². The number of nitrogens with one attached hydrogen (secondary N) is 1. The topological polar surface area (TPSA) is 55.9 Å². The summed E-state index contributed by atoms with van der Waals surface area (Å²) in [6, 6.07) is 2.28. The Balaban J connectivity index is 2.11. The largest absolute Gasteiger partial charge is 0.323 e. The van der Waals surface area contributed by atoms with Crippen LogP contribution in [0.1, 0.15) is 11.4 Å². The van der Waals surface area contributed by atoms with Crippen LogP contribution in [0.4, 0.5) is 0 Å². The van der Waals surface area contributed by atoms with Crippen LogP contribution in [0.3, 0.4) is 0 Å². The first-order valence-corrected chi connectivity index (χ1v) is 5.30. The molecule has 0 saturated carbocycles. The van der Waals surface area contributed by atoms with Gasteiger partial charge in [0.25, 0.3) is 0 Å². The zero-order valence-corrected chi connectivity index (χ0v) is 9.33. The van der Waals surface area contributed by atoms with Crippen molar-refractivity contribution in [1.82, 2.24) is 15.1 Å². The summed E-state index contributed by atoms with van der Waals surface area (Å²) in [5, 5.41) is 7.64. The fourth-order valence-corrected chi connectivity index (χ4v) is 2.00. The Morgan fingerprint density at radius 1 is 1.67 bits per heavy atom. The summed E-state index contributed by atoms with van der Waals surface area (Å²) in [4.78, 5) is 0. The van der Waals surface area contributed by atoms with Gasteiger partial charge in [-0.25, -0.2) is 0 Å². The zero-order valence-electron chi connectivity index (χ0n) is 9.33. The molecule has 0 fully saturated rings. The quantitative estimate of drug-likeness (QED) is 0.676. The number of rotatable bonds is 2. The molecule has 1 aromatic heterocycles. The summed E-state index contributed by atoms with van der Waals surface area (Å²) >= 11 is 0. The molecule has 1 atom stereocenters. The Hall–Kier alpha value is -1.13. The van der Waals surface area contributed by atoms with Gasteiger partial charge in [0, 0.05) is 38.3 Å². The number of aryl methyl sites for hydroxylation is 2. The standard InChI is InChI=1S/C11H18N4/c1-8-3-11(15(2)14-8)5-9-4-10(12)7-13-6-9/h3-4,10,13H,5-7,12H2,1-2H3. The molecule has 15 heavy (non-hydrogen) atoms. The third-order valence-corrected chi connectivity index (χ3v) is 2.69. The molecule has 2 rings (SSSR count). The summed E-state index contributed by atoms with van der Waals surface area (Å²) in [6.07, 6.45) is 3.11. The van der Waals surface area contributed by atoms with Gasteiger partial charge in [0.15, 0.2) is 0 Å². The number of nitrogens with two attached hydrogens (primary N) is 1. The maximum atomic E-state index is 5.86. The van der Waals surface area contributed by atoms with E-state index in [0.29, 0.717) is 0 Å². The number of hydrogen-bond acceptors (Lipinski definition) is 3. The van der Waals surface area contributed by atoms with E-state index in [0.717, 1.165) is 25.2 Å². The van der Waals surface area contributed by atoms with E-state index in [2.05, 4.69) is 22.6 Å². The molecule has 4 nitrogen and oxygen atoms in total. The van der Waals surface area contributed by atoms with Gasteiger partial charge in [0.2, 0.25) is 0 Å². The van der Waals surface area contributed by atoms with Crippen LogP contribution in [0.2, 0.25) is 0 Å². The maximum Gasteiger partial charge on any atom is 0.0596 e. The molecule has 1 aromatic rings. The maximum absolute atomic E-state index is 5.86. The molecule has 0 aromatic carbocycles. The molecule has 2 heterocycles. The first-order valence-electron chi connectivity index (χ1n) is 5.30. The van der Waals surface area contributed by atoms with Crippen LogP contribution in [0.15, 0.2) is 17.7 Å². The van der Waals surface area contributed by atoms with Gasteiger partial charge in [-0.1, -0.05) is 11.6 Å². The molecule has 1 unspecified atom stereocenters. The second-order valence-electron chi connectivity index (χ2n) is 4.20. The highest BCUT2D eigenvalue weighted by molar-refractivity contribution is 5.21. The highest BCUT2D eigenvalue weighted by Crippen LogP contribution is 2.11. The highest BCUT2D eigenvalue weighted by Gasteiger charge is 2.11. The molecular formula is C11H18N4. The lowest BCUT2D eigenvalue weighted by Crippen LogP contribution is -2.38. The normalized spacial score (nSPS) is 21.5. The van der Waals surface area contributed by atoms with Crippen molar-refractivity contribution in [3.05, 3.63) is 29.1 Å². The van der Waals surface area contributed by atoms with E-state index in [1.165, 1.54) is 11.3 Å². The Kier molecular flexibility index (Phi) is 2.88. The molecule has 1 aliphatic rings. The molecule has 0 saturated heterocycles. The van der Waals surface area contributed by atoms with Gasteiger partial charge in [-0.15, -0.1) is 0 Å². The predicted molar refractivity (Wildman–Crippen MR) is 60.6 cm³/mol. The first kappa shape index (κ1) is 10.4. The van der Waals surface area contributed by atoms with Gasteiger partial charge in [-0.2, -0.15) is 5.10 Å². The highest BCUT2D eigenvalue weighted by atomic mass is 15.3. The van der Waals surface area contributed by atoms with Gasteiger partial charge < -0.3 is 11.1 Å². The minimum absolute atomic E-state index is 0.156. The number of aromatic nitrogens is 2. The van der Waals surface area contributed by atoms with Gasteiger partial charge in [0.1, 0.15) is 0 Å². The summed E-state index contributed by atoms with van der Waals surface area (Å²) in [5.74, 6) is 0. The second-order valence-corrected chi connectivity index (χ2v) is 4.20. The van der Waals surface area contributed by atoms with Crippen LogP contribution in [0, 0.1) is 6.92 Å². The summed E-state index contributed by atoms with van der Waals surface area (Å²) in [5.41, 5.74) is 9.53. The lowest BCUT2D eigenvalue weighted by Gasteiger charge is -2.19. The molecule has 0 spiro atoms. The van der Waals surface area contributed by atoms with Crippen molar-refractivity contribution >= 4 is 0 Å². The van der Waals surface area contributed by atoms with Gasteiger partial charge in [0.05, 0.1) is 5.69 Å². The van der Waals surface area contributed by atoms with Crippen LogP contribution in [-0.4, -0.2) is 28.9 Å². The SMILES string of the molecule is Cc1cc(CC2=CC(N)CNC2)n(C)n1. The van der Waals surface area contributed by atoms with Crippen LogP contribution >= 0.6 is 0 Å². The van der Waals surface area contributed by atoms with E-state index in [9.17, 15) is 0 Å². The smallest absolute Gasteiger partial charge is 0.0596 e. The van der Waals surface area contributed by atoms with Crippen LogP contribution in [-0.2, 0) is 13.5 Å². The summed E-state index contributed by atoms with van der Waals surface area (Å²) in [7, 11) is 1.99. The van der Waals surface area contributed by atoms with Crippen LogP contribution in [0.5, 0.6) is 0 Å². The minimum Gasteiger partial charge on any atom is -0.323 e. The fourth-order valence-electron chi connectivity index (χ4n) is 2.00. The molecule has 4 heteroatoms. The zero-order chi connectivity index (χ0) is 10.8. The fraction of sp³-hybridized carbons (Fsp3) is 0.545. The molecule has 82 valence electrons. The lowest BCUT2D eigenvalue weighted by atomic mass is 10.0. The van der Waals surface area contributed by atoms with Gasteiger partial charge in [-0.3, -0.25) is 4.68 Å².